The molecular formula is C11H12N2O2. The quantitative estimate of drug-likeness (QED) is 0.676. The van der Waals surface area contributed by atoms with Gasteiger partial charge >= 0.3 is 0 Å². The van der Waals surface area contributed by atoms with Gasteiger partial charge in [-0.15, -0.1) is 0 Å². The third-order valence-corrected chi connectivity index (χ3v) is 2.27. The molecule has 1 aliphatic heterocycles. The number of rotatable bonds is 2. The molecule has 0 saturated carbocycles. The molecule has 0 bridgehead atoms. The second-order valence-electron chi connectivity index (χ2n) is 3.55. The van der Waals surface area contributed by atoms with Crippen LogP contribution in [-0.2, 0) is 16.0 Å². The Bertz CT molecular complexity index is 359. The van der Waals surface area contributed by atoms with Gasteiger partial charge in [0.25, 0.3) is 0 Å². The molecule has 1 fully saturated rings. The van der Waals surface area contributed by atoms with Crippen LogP contribution in [0.4, 0.5) is 0 Å². The molecular weight excluding hydrogens is 192 g/mol. The normalized spacial score (nSPS) is 17.1. The number of benzene rings is 1. The van der Waals surface area contributed by atoms with Crippen LogP contribution in [0, 0.1) is 0 Å². The molecule has 2 amide bonds. The van der Waals surface area contributed by atoms with Gasteiger partial charge in [-0.25, -0.2) is 0 Å². The Morgan fingerprint density at radius 2 is 1.67 bits per heavy atom. The SMILES string of the molecule is O=C1CC(=O)NC(Cc2ccccc2)N1. The Morgan fingerprint density at radius 1 is 1.07 bits per heavy atom. The third-order valence-electron chi connectivity index (χ3n) is 2.27. The largest absolute Gasteiger partial charge is 0.335 e. The van der Waals surface area contributed by atoms with Crippen molar-refractivity contribution in [2.75, 3.05) is 0 Å². The second kappa shape index (κ2) is 4.13. The smallest absolute Gasteiger partial charge is 0.231 e. The maximum atomic E-state index is 11.1. The molecule has 15 heavy (non-hydrogen) atoms. The minimum Gasteiger partial charge on any atom is -0.335 e. The summed E-state index contributed by atoms with van der Waals surface area (Å²) in [6, 6.07) is 9.73. The van der Waals surface area contributed by atoms with Gasteiger partial charge in [0, 0.05) is 6.42 Å². The summed E-state index contributed by atoms with van der Waals surface area (Å²) in [5.41, 5.74) is 1.09. The predicted molar refractivity (Wildman–Crippen MR) is 54.8 cm³/mol. The van der Waals surface area contributed by atoms with Crippen molar-refractivity contribution >= 4 is 11.8 Å². The van der Waals surface area contributed by atoms with E-state index >= 15 is 0 Å². The topological polar surface area (TPSA) is 58.2 Å². The fourth-order valence-electron chi connectivity index (χ4n) is 1.62. The molecule has 1 aromatic rings. The lowest BCUT2D eigenvalue weighted by molar-refractivity contribution is -0.133. The summed E-state index contributed by atoms with van der Waals surface area (Å²) in [7, 11) is 0. The minimum atomic E-state index is -0.277. The number of hydrogen-bond acceptors (Lipinski definition) is 2. The molecule has 1 heterocycles. The van der Waals surface area contributed by atoms with Crippen LogP contribution < -0.4 is 10.6 Å². The number of hydrogen-bond donors (Lipinski definition) is 2. The van der Waals surface area contributed by atoms with Gasteiger partial charge in [-0.1, -0.05) is 30.3 Å². The fraction of sp³-hybridized carbons (Fsp3) is 0.273. The zero-order valence-electron chi connectivity index (χ0n) is 8.19. The van der Waals surface area contributed by atoms with Crippen LogP contribution in [0.1, 0.15) is 12.0 Å². The van der Waals surface area contributed by atoms with Crippen LogP contribution in [0.5, 0.6) is 0 Å². The van der Waals surface area contributed by atoms with Gasteiger partial charge in [-0.3, -0.25) is 9.59 Å². The minimum absolute atomic E-state index is 0.0642. The summed E-state index contributed by atoms with van der Waals surface area (Å²) in [5.74, 6) is -0.417. The molecule has 1 aliphatic rings. The van der Waals surface area contributed by atoms with Crippen molar-refractivity contribution in [3.8, 4) is 0 Å². The van der Waals surface area contributed by atoms with Crippen LogP contribution >= 0.6 is 0 Å². The summed E-state index contributed by atoms with van der Waals surface area (Å²) in [6.07, 6.45) is 0.282. The first-order valence-corrected chi connectivity index (χ1v) is 4.87. The van der Waals surface area contributed by atoms with Gasteiger partial charge in [-0.2, -0.15) is 0 Å². The maximum absolute atomic E-state index is 11.1. The van der Waals surface area contributed by atoms with Gasteiger partial charge in [0.15, 0.2) is 0 Å². The first-order valence-electron chi connectivity index (χ1n) is 4.87. The highest BCUT2D eigenvalue weighted by molar-refractivity contribution is 5.99. The molecule has 0 radical (unpaired) electrons. The van der Waals surface area contributed by atoms with Crippen LogP contribution in [0.3, 0.4) is 0 Å². The van der Waals surface area contributed by atoms with E-state index in [0.29, 0.717) is 6.42 Å². The lowest BCUT2D eigenvalue weighted by Crippen LogP contribution is -2.55. The van der Waals surface area contributed by atoms with Crippen molar-refractivity contribution in [3.63, 3.8) is 0 Å². The molecule has 2 rings (SSSR count). The first-order chi connectivity index (χ1) is 7.24. The standard InChI is InChI=1S/C11H12N2O2/c14-10-7-11(15)13-9(12-10)6-8-4-2-1-3-5-8/h1-5,9H,6-7H2,(H,12,14)(H,13,15). The molecule has 0 aromatic heterocycles. The van der Waals surface area contributed by atoms with E-state index in [0.717, 1.165) is 5.56 Å². The number of carbonyl (C=O) groups excluding carboxylic acids is 2. The van der Waals surface area contributed by atoms with E-state index in [1.807, 2.05) is 30.3 Å². The van der Waals surface area contributed by atoms with Crippen molar-refractivity contribution in [3.05, 3.63) is 35.9 Å². The Morgan fingerprint density at radius 3 is 2.27 bits per heavy atom. The number of nitrogens with one attached hydrogen (secondary N) is 2. The molecule has 1 saturated heterocycles. The number of carbonyl (C=O) groups is 2. The highest BCUT2D eigenvalue weighted by Gasteiger charge is 2.22. The van der Waals surface area contributed by atoms with Gasteiger partial charge in [0.05, 0.1) is 0 Å². The van der Waals surface area contributed by atoms with Gasteiger partial charge < -0.3 is 10.6 Å². The molecule has 1 aromatic carbocycles. The Hall–Kier alpha value is -1.84. The van der Waals surface area contributed by atoms with Crippen molar-refractivity contribution in [1.82, 2.24) is 10.6 Å². The van der Waals surface area contributed by atoms with Crippen LogP contribution in [0.2, 0.25) is 0 Å². The van der Waals surface area contributed by atoms with Crippen molar-refractivity contribution in [2.45, 2.75) is 19.0 Å². The van der Waals surface area contributed by atoms with E-state index in [4.69, 9.17) is 0 Å². The Kier molecular flexibility index (Phi) is 2.67. The lowest BCUT2D eigenvalue weighted by Gasteiger charge is -2.24. The summed E-state index contributed by atoms with van der Waals surface area (Å²) in [4.78, 5) is 22.2. The van der Waals surface area contributed by atoms with Crippen LogP contribution in [-0.4, -0.2) is 18.0 Å². The molecule has 2 N–H and O–H groups in total. The molecule has 0 unspecified atom stereocenters. The maximum Gasteiger partial charge on any atom is 0.231 e. The van der Waals surface area contributed by atoms with Gasteiger partial charge in [-0.05, 0) is 5.56 Å². The van der Waals surface area contributed by atoms with Crippen molar-refractivity contribution in [2.24, 2.45) is 0 Å². The Balaban J connectivity index is 2.00. The summed E-state index contributed by atoms with van der Waals surface area (Å²) < 4.78 is 0. The lowest BCUT2D eigenvalue weighted by atomic mass is 10.1. The average molecular weight is 204 g/mol. The molecule has 4 nitrogen and oxygen atoms in total. The molecule has 78 valence electrons. The van der Waals surface area contributed by atoms with E-state index in [-0.39, 0.29) is 24.4 Å². The average Bonchev–Trinajstić information content (AvgIpc) is 2.17. The van der Waals surface area contributed by atoms with E-state index in [1.54, 1.807) is 0 Å². The van der Waals surface area contributed by atoms with Crippen molar-refractivity contribution < 1.29 is 9.59 Å². The summed E-state index contributed by atoms with van der Waals surface area (Å²) in [6.45, 7) is 0. The molecule has 4 heteroatoms. The zero-order chi connectivity index (χ0) is 10.7. The third kappa shape index (κ3) is 2.56. The van der Waals surface area contributed by atoms with E-state index < -0.39 is 0 Å². The summed E-state index contributed by atoms with van der Waals surface area (Å²) >= 11 is 0. The van der Waals surface area contributed by atoms with Crippen molar-refractivity contribution in [1.29, 1.82) is 0 Å². The second-order valence-corrected chi connectivity index (χ2v) is 3.55. The summed E-state index contributed by atoms with van der Waals surface area (Å²) in [5, 5.41) is 5.45. The zero-order valence-corrected chi connectivity index (χ0v) is 8.19. The van der Waals surface area contributed by atoms with Gasteiger partial charge in [0.2, 0.25) is 11.8 Å². The Labute approximate surface area is 87.7 Å². The van der Waals surface area contributed by atoms with E-state index in [9.17, 15) is 9.59 Å². The highest BCUT2D eigenvalue weighted by atomic mass is 16.2. The van der Waals surface area contributed by atoms with Crippen LogP contribution in [0.25, 0.3) is 0 Å². The monoisotopic (exact) mass is 204 g/mol. The highest BCUT2D eigenvalue weighted by Crippen LogP contribution is 2.04. The molecule has 0 atom stereocenters. The molecule has 0 aliphatic carbocycles. The first kappa shape index (κ1) is 9.71. The molecule has 0 spiro atoms. The van der Waals surface area contributed by atoms with E-state index in [2.05, 4.69) is 10.6 Å². The van der Waals surface area contributed by atoms with Crippen LogP contribution in [0.15, 0.2) is 30.3 Å². The number of amides is 2. The van der Waals surface area contributed by atoms with Gasteiger partial charge in [0.1, 0.15) is 12.6 Å². The van der Waals surface area contributed by atoms with E-state index in [1.165, 1.54) is 0 Å². The predicted octanol–water partition coefficient (Wildman–Crippen LogP) is 0.191. The fourth-order valence-corrected chi connectivity index (χ4v) is 1.62.